The molecular weight excluding hydrogens is 156 g/mol. The van der Waals surface area contributed by atoms with Gasteiger partial charge >= 0.3 is 5.97 Å². The number of hydrogen-bond acceptors (Lipinski definition) is 3. The van der Waals surface area contributed by atoms with Gasteiger partial charge in [0.15, 0.2) is 0 Å². The van der Waals surface area contributed by atoms with Crippen LogP contribution in [0.25, 0.3) is 0 Å². The highest BCUT2D eigenvalue weighted by Crippen LogP contribution is 2.28. The summed E-state index contributed by atoms with van der Waals surface area (Å²) in [5.74, 6) is -0.855. The van der Waals surface area contributed by atoms with Crippen LogP contribution in [-0.2, 0) is 4.79 Å². The second-order valence-corrected chi connectivity index (χ2v) is 3.27. The third-order valence-electron chi connectivity index (χ3n) is 2.51. The molecule has 1 aliphatic heterocycles. The van der Waals surface area contributed by atoms with E-state index in [9.17, 15) is 4.79 Å². The van der Waals surface area contributed by atoms with Crippen LogP contribution in [0.2, 0.25) is 0 Å². The van der Waals surface area contributed by atoms with Crippen molar-refractivity contribution in [3.8, 4) is 0 Å². The monoisotopic (exact) mass is 168 g/mol. The first kappa shape index (κ1) is 7.46. The highest BCUT2D eigenvalue weighted by Gasteiger charge is 2.27. The Labute approximate surface area is 70.6 Å². The fourth-order valence-electron chi connectivity index (χ4n) is 1.78. The molecule has 0 bridgehead atoms. The Morgan fingerprint density at radius 3 is 2.92 bits per heavy atom. The Morgan fingerprint density at radius 2 is 2.17 bits per heavy atom. The van der Waals surface area contributed by atoms with E-state index in [0.29, 0.717) is 6.42 Å². The molecule has 0 fully saturated rings. The minimum absolute atomic E-state index is 0.184. The van der Waals surface area contributed by atoms with Gasteiger partial charge in [-0.25, -0.2) is 0 Å². The van der Waals surface area contributed by atoms with E-state index in [2.05, 4.69) is 10.6 Å². The quantitative estimate of drug-likeness (QED) is 0.524. The van der Waals surface area contributed by atoms with Gasteiger partial charge in [-0.15, -0.1) is 0 Å². The lowest BCUT2D eigenvalue weighted by atomic mass is 9.91. The fourth-order valence-corrected chi connectivity index (χ4v) is 1.78. The summed E-state index contributed by atoms with van der Waals surface area (Å²) in [6, 6.07) is 0. The predicted octanol–water partition coefficient (Wildman–Crippen LogP) is 0.233. The molecule has 3 N–H and O–H groups in total. The lowest BCUT2D eigenvalue weighted by Crippen LogP contribution is -2.21. The summed E-state index contributed by atoms with van der Waals surface area (Å²) in [6.45, 7) is 0.761. The van der Waals surface area contributed by atoms with Crippen molar-refractivity contribution < 1.29 is 9.90 Å². The number of rotatable bonds is 1. The molecule has 0 spiro atoms. The fraction of sp³-hybridized carbons (Fsp3) is 0.625. The average molecular weight is 168 g/mol. The number of carboxylic acid groups (broad SMARTS) is 1. The summed E-state index contributed by atoms with van der Waals surface area (Å²) in [4.78, 5) is 10.7. The molecule has 0 aromatic carbocycles. The molecule has 0 saturated heterocycles. The van der Waals surface area contributed by atoms with Gasteiger partial charge in [0, 0.05) is 17.8 Å². The third kappa shape index (κ3) is 1.13. The smallest absolute Gasteiger partial charge is 0.306 e. The molecule has 66 valence electrons. The number of allylic oxidation sites excluding steroid dienone is 2. The molecule has 0 unspecified atom stereocenters. The van der Waals surface area contributed by atoms with E-state index in [-0.39, 0.29) is 5.92 Å². The Kier molecular flexibility index (Phi) is 1.67. The minimum atomic E-state index is -0.671. The van der Waals surface area contributed by atoms with Crippen LogP contribution in [-0.4, -0.2) is 17.7 Å². The van der Waals surface area contributed by atoms with Crippen LogP contribution in [0.3, 0.4) is 0 Å². The molecule has 2 rings (SSSR count). The van der Waals surface area contributed by atoms with E-state index in [1.54, 1.807) is 0 Å². The topological polar surface area (TPSA) is 61.4 Å². The van der Waals surface area contributed by atoms with Crippen LogP contribution in [0.15, 0.2) is 11.4 Å². The second-order valence-electron chi connectivity index (χ2n) is 3.27. The summed E-state index contributed by atoms with van der Waals surface area (Å²) in [6.07, 6.45) is 2.31. The molecule has 1 atom stereocenters. The van der Waals surface area contributed by atoms with Gasteiger partial charge in [0.25, 0.3) is 0 Å². The van der Waals surface area contributed by atoms with Crippen molar-refractivity contribution in [2.45, 2.75) is 19.3 Å². The molecule has 0 aromatic rings. The van der Waals surface area contributed by atoms with Crippen molar-refractivity contribution in [3.05, 3.63) is 11.4 Å². The SMILES string of the molecule is O=C(O)[C@H]1CCC2=C(C1)NCN2. The van der Waals surface area contributed by atoms with Crippen LogP contribution < -0.4 is 10.6 Å². The second kappa shape index (κ2) is 2.69. The maximum Gasteiger partial charge on any atom is 0.306 e. The molecule has 0 saturated carbocycles. The van der Waals surface area contributed by atoms with E-state index in [4.69, 9.17) is 5.11 Å². The predicted molar refractivity (Wildman–Crippen MR) is 43.1 cm³/mol. The number of hydrogen-bond donors (Lipinski definition) is 3. The first-order chi connectivity index (χ1) is 5.77. The standard InChI is InChI=1S/C8H12N2O2/c11-8(12)5-1-2-6-7(3-5)10-4-9-6/h5,9-10H,1-4H2,(H,11,12)/t5-/m0/s1. The van der Waals surface area contributed by atoms with E-state index < -0.39 is 5.97 Å². The molecule has 2 aliphatic rings. The van der Waals surface area contributed by atoms with Crippen LogP contribution in [0, 0.1) is 5.92 Å². The van der Waals surface area contributed by atoms with E-state index in [1.807, 2.05) is 0 Å². The van der Waals surface area contributed by atoms with Crippen molar-refractivity contribution in [2.75, 3.05) is 6.67 Å². The number of nitrogens with one attached hydrogen (secondary N) is 2. The van der Waals surface area contributed by atoms with Gasteiger partial charge in [0.05, 0.1) is 12.6 Å². The Bertz CT molecular complexity index is 247. The number of carboxylic acids is 1. The minimum Gasteiger partial charge on any atom is -0.481 e. The average Bonchev–Trinajstić information content (AvgIpc) is 2.49. The van der Waals surface area contributed by atoms with E-state index >= 15 is 0 Å². The maximum atomic E-state index is 10.7. The number of carbonyl (C=O) groups is 1. The summed E-state index contributed by atoms with van der Waals surface area (Å²) >= 11 is 0. The van der Waals surface area contributed by atoms with Crippen molar-refractivity contribution in [3.63, 3.8) is 0 Å². The third-order valence-corrected chi connectivity index (χ3v) is 2.51. The summed E-state index contributed by atoms with van der Waals surface area (Å²) in [7, 11) is 0. The lowest BCUT2D eigenvalue weighted by molar-refractivity contribution is -0.142. The van der Waals surface area contributed by atoms with Gasteiger partial charge in [-0.3, -0.25) is 4.79 Å². The number of aliphatic carboxylic acids is 1. The maximum absolute atomic E-state index is 10.7. The highest BCUT2D eigenvalue weighted by atomic mass is 16.4. The molecule has 12 heavy (non-hydrogen) atoms. The van der Waals surface area contributed by atoms with E-state index in [0.717, 1.165) is 25.2 Å². The molecular formula is C8H12N2O2. The van der Waals surface area contributed by atoms with Gasteiger partial charge in [0.1, 0.15) is 0 Å². The lowest BCUT2D eigenvalue weighted by Gasteiger charge is -2.19. The largest absolute Gasteiger partial charge is 0.481 e. The molecule has 4 heteroatoms. The van der Waals surface area contributed by atoms with E-state index in [1.165, 1.54) is 5.70 Å². The molecule has 4 nitrogen and oxygen atoms in total. The first-order valence-electron chi connectivity index (χ1n) is 4.20. The van der Waals surface area contributed by atoms with Gasteiger partial charge in [-0.2, -0.15) is 0 Å². The van der Waals surface area contributed by atoms with Gasteiger partial charge in [-0.05, 0) is 12.8 Å². The van der Waals surface area contributed by atoms with Crippen LogP contribution >= 0.6 is 0 Å². The normalized spacial score (nSPS) is 27.5. The van der Waals surface area contributed by atoms with Gasteiger partial charge in [-0.1, -0.05) is 0 Å². The molecule has 0 radical (unpaired) electrons. The van der Waals surface area contributed by atoms with Crippen molar-refractivity contribution >= 4 is 5.97 Å². The summed E-state index contributed by atoms with van der Waals surface area (Å²) < 4.78 is 0. The zero-order valence-corrected chi connectivity index (χ0v) is 6.76. The molecule has 0 amide bonds. The molecule has 0 aromatic heterocycles. The highest BCUT2D eigenvalue weighted by molar-refractivity contribution is 5.70. The molecule has 1 aliphatic carbocycles. The van der Waals surface area contributed by atoms with Crippen molar-refractivity contribution in [2.24, 2.45) is 5.92 Å². The van der Waals surface area contributed by atoms with Crippen LogP contribution in [0.1, 0.15) is 19.3 Å². The Hall–Kier alpha value is -1.19. The molecule has 1 heterocycles. The zero-order chi connectivity index (χ0) is 8.55. The Morgan fingerprint density at radius 1 is 1.42 bits per heavy atom. The van der Waals surface area contributed by atoms with Gasteiger partial charge in [0.2, 0.25) is 0 Å². The summed E-state index contributed by atoms with van der Waals surface area (Å²) in [5, 5.41) is 15.1. The summed E-state index contributed by atoms with van der Waals surface area (Å²) in [5.41, 5.74) is 2.32. The van der Waals surface area contributed by atoms with Crippen molar-refractivity contribution in [1.82, 2.24) is 10.6 Å². The zero-order valence-electron chi connectivity index (χ0n) is 6.76. The van der Waals surface area contributed by atoms with Crippen molar-refractivity contribution in [1.29, 1.82) is 0 Å². The van der Waals surface area contributed by atoms with Crippen LogP contribution in [0.5, 0.6) is 0 Å². The van der Waals surface area contributed by atoms with Crippen LogP contribution in [0.4, 0.5) is 0 Å². The first-order valence-corrected chi connectivity index (χ1v) is 4.20. The Balaban J connectivity index is 2.09. The van der Waals surface area contributed by atoms with Gasteiger partial charge < -0.3 is 15.7 Å².